The molecular formula is C17H21FN2. The molecule has 2 aromatic rings. The highest BCUT2D eigenvalue weighted by molar-refractivity contribution is 5.66. The summed E-state index contributed by atoms with van der Waals surface area (Å²) in [6, 6.07) is 15.0. The topological polar surface area (TPSA) is 29.3 Å². The molecule has 2 rings (SSSR count). The Bertz CT molecular complexity index is 540. The largest absolute Gasteiger partial charge is 0.341 e. The highest BCUT2D eigenvalue weighted by Crippen LogP contribution is 2.29. The molecule has 0 aromatic heterocycles. The number of anilines is 2. The van der Waals surface area contributed by atoms with E-state index in [1.54, 1.807) is 0 Å². The molecule has 2 N–H and O–H groups in total. The number of halogens is 1. The standard InChI is InChI=1S/C17H21FN2/c1-2-3-11-20(16-7-5-4-6-8-16)17-10-9-15(18)12-14(17)13-19/h4-10,12H,2-3,11,13,19H2,1H3. The SMILES string of the molecule is CCCCN(c1ccccc1)c1ccc(F)cc1CN. The summed E-state index contributed by atoms with van der Waals surface area (Å²) in [4.78, 5) is 2.21. The smallest absolute Gasteiger partial charge is 0.123 e. The van der Waals surface area contributed by atoms with Crippen molar-refractivity contribution < 1.29 is 4.39 Å². The quantitative estimate of drug-likeness (QED) is 0.853. The molecule has 3 heteroatoms. The van der Waals surface area contributed by atoms with Crippen LogP contribution < -0.4 is 10.6 Å². The summed E-state index contributed by atoms with van der Waals surface area (Å²) in [5, 5.41) is 0. The number of unbranched alkanes of at least 4 members (excludes halogenated alkanes) is 1. The zero-order valence-corrected chi connectivity index (χ0v) is 11.8. The van der Waals surface area contributed by atoms with Gasteiger partial charge in [-0.1, -0.05) is 31.5 Å². The third-order valence-electron chi connectivity index (χ3n) is 3.36. The Morgan fingerprint density at radius 1 is 1.10 bits per heavy atom. The Balaban J connectivity index is 2.41. The maximum atomic E-state index is 13.4. The average molecular weight is 272 g/mol. The molecule has 106 valence electrons. The van der Waals surface area contributed by atoms with Crippen molar-refractivity contribution in [2.45, 2.75) is 26.3 Å². The first-order chi connectivity index (χ1) is 9.76. The van der Waals surface area contributed by atoms with Crippen molar-refractivity contribution in [3.8, 4) is 0 Å². The van der Waals surface area contributed by atoms with E-state index in [4.69, 9.17) is 5.73 Å². The van der Waals surface area contributed by atoms with Crippen molar-refractivity contribution in [3.05, 3.63) is 59.9 Å². The van der Waals surface area contributed by atoms with Gasteiger partial charge in [-0.05, 0) is 42.3 Å². The van der Waals surface area contributed by atoms with Crippen LogP contribution in [-0.4, -0.2) is 6.54 Å². The number of benzene rings is 2. The molecule has 0 bridgehead atoms. The Morgan fingerprint density at radius 3 is 2.50 bits per heavy atom. The van der Waals surface area contributed by atoms with E-state index in [0.717, 1.165) is 36.3 Å². The van der Waals surface area contributed by atoms with Crippen LogP contribution in [0.4, 0.5) is 15.8 Å². The van der Waals surface area contributed by atoms with Gasteiger partial charge in [-0.2, -0.15) is 0 Å². The summed E-state index contributed by atoms with van der Waals surface area (Å²) in [5.74, 6) is -0.238. The molecule has 20 heavy (non-hydrogen) atoms. The van der Waals surface area contributed by atoms with Gasteiger partial charge in [-0.3, -0.25) is 0 Å². The first-order valence-electron chi connectivity index (χ1n) is 7.07. The lowest BCUT2D eigenvalue weighted by atomic mass is 10.1. The fourth-order valence-electron chi connectivity index (χ4n) is 2.29. The van der Waals surface area contributed by atoms with E-state index >= 15 is 0 Å². The Labute approximate surface area is 120 Å². The summed E-state index contributed by atoms with van der Waals surface area (Å²) < 4.78 is 13.4. The molecule has 0 aliphatic rings. The Morgan fingerprint density at radius 2 is 1.85 bits per heavy atom. The minimum absolute atomic E-state index is 0.238. The van der Waals surface area contributed by atoms with Gasteiger partial charge in [-0.15, -0.1) is 0 Å². The molecule has 0 amide bonds. The van der Waals surface area contributed by atoms with E-state index in [-0.39, 0.29) is 5.82 Å². The van der Waals surface area contributed by atoms with Crippen molar-refractivity contribution in [2.75, 3.05) is 11.4 Å². The molecular weight excluding hydrogens is 251 g/mol. The molecule has 2 nitrogen and oxygen atoms in total. The van der Waals surface area contributed by atoms with Gasteiger partial charge in [-0.25, -0.2) is 4.39 Å². The summed E-state index contributed by atoms with van der Waals surface area (Å²) >= 11 is 0. The van der Waals surface area contributed by atoms with Gasteiger partial charge < -0.3 is 10.6 Å². The zero-order chi connectivity index (χ0) is 14.4. The third-order valence-corrected chi connectivity index (χ3v) is 3.36. The fraction of sp³-hybridized carbons (Fsp3) is 0.294. The van der Waals surface area contributed by atoms with Gasteiger partial charge in [0, 0.05) is 24.5 Å². The molecule has 0 unspecified atom stereocenters. The van der Waals surface area contributed by atoms with E-state index in [1.165, 1.54) is 12.1 Å². The molecule has 0 aliphatic heterocycles. The molecule has 0 atom stereocenters. The molecule has 0 aliphatic carbocycles. The normalized spacial score (nSPS) is 10.6. The fourth-order valence-corrected chi connectivity index (χ4v) is 2.29. The summed E-state index contributed by atoms with van der Waals surface area (Å²) in [6.07, 6.45) is 2.19. The molecule has 0 radical (unpaired) electrons. The molecule has 0 saturated heterocycles. The second-order valence-electron chi connectivity index (χ2n) is 4.82. The van der Waals surface area contributed by atoms with Crippen molar-refractivity contribution in [3.63, 3.8) is 0 Å². The number of nitrogens with two attached hydrogens (primary N) is 1. The van der Waals surface area contributed by atoms with Gasteiger partial charge >= 0.3 is 0 Å². The van der Waals surface area contributed by atoms with Crippen LogP contribution >= 0.6 is 0 Å². The van der Waals surface area contributed by atoms with Crippen LogP contribution in [0.15, 0.2) is 48.5 Å². The second-order valence-corrected chi connectivity index (χ2v) is 4.82. The maximum Gasteiger partial charge on any atom is 0.123 e. The third kappa shape index (κ3) is 3.36. The molecule has 0 spiro atoms. The summed E-state index contributed by atoms with van der Waals surface area (Å²) in [5.41, 5.74) is 8.72. The van der Waals surface area contributed by atoms with Gasteiger partial charge in [0.15, 0.2) is 0 Å². The number of para-hydroxylation sites is 1. The molecule has 0 saturated carbocycles. The van der Waals surface area contributed by atoms with Crippen LogP contribution in [0.3, 0.4) is 0 Å². The van der Waals surface area contributed by atoms with Crippen LogP contribution in [-0.2, 0) is 6.54 Å². The van der Waals surface area contributed by atoms with Crippen molar-refractivity contribution in [1.82, 2.24) is 0 Å². The summed E-state index contributed by atoms with van der Waals surface area (Å²) in [7, 11) is 0. The first-order valence-corrected chi connectivity index (χ1v) is 7.07. The van der Waals surface area contributed by atoms with E-state index in [9.17, 15) is 4.39 Å². The first kappa shape index (κ1) is 14.5. The Hall–Kier alpha value is -1.87. The molecule has 2 aromatic carbocycles. The van der Waals surface area contributed by atoms with Crippen LogP contribution in [0.1, 0.15) is 25.3 Å². The predicted octanol–water partition coefficient (Wildman–Crippen LogP) is 4.22. The number of rotatable bonds is 6. The van der Waals surface area contributed by atoms with E-state index in [2.05, 4.69) is 24.0 Å². The van der Waals surface area contributed by atoms with E-state index in [0.29, 0.717) is 6.54 Å². The predicted molar refractivity (Wildman–Crippen MR) is 82.6 cm³/mol. The van der Waals surface area contributed by atoms with E-state index in [1.807, 2.05) is 24.3 Å². The number of nitrogens with zero attached hydrogens (tertiary/aromatic N) is 1. The van der Waals surface area contributed by atoms with Crippen LogP contribution in [0.5, 0.6) is 0 Å². The average Bonchev–Trinajstić information content (AvgIpc) is 2.49. The number of hydrogen-bond donors (Lipinski definition) is 1. The van der Waals surface area contributed by atoms with Crippen LogP contribution in [0, 0.1) is 5.82 Å². The monoisotopic (exact) mass is 272 g/mol. The van der Waals surface area contributed by atoms with Crippen molar-refractivity contribution in [2.24, 2.45) is 5.73 Å². The molecule has 0 heterocycles. The lowest BCUT2D eigenvalue weighted by Gasteiger charge is -2.27. The van der Waals surface area contributed by atoms with Gasteiger partial charge in [0.05, 0.1) is 0 Å². The van der Waals surface area contributed by atoms with Gasteiger partial charge in [0.2, 0.25) is 0 Å². The van der Waals surface area contributed by atoms with Crippen molar-refractivity contribution in [1.29, 1.82) is 0 Å². The number of hydrogen-bond acceptors (Lipinski definition) is 2. The second kappa shape index (κ2) is 7.06. The maximum absolute atomic E-state index is 13.4. The molecule has 0 fully saturated rings. The lowest BCUT2D eigenvalue weighted by molar-refractivity contribution is 0.625. The zero-order valence-electron chi connectivity index (χ0n) is 11.8. The van der Waals surface area contributed by atoms with Crippen molar-refractivity contribution >= 4 is 11.4 Å². The minimum Gasteiger partial charge on any atom is -0.341 e. The van der Waals surface area contributed by atoms with Crippen LogP contribution in [0.25, 0.3) is 0 Å². The summed E-state index contributed by atoms with van der Waals surface area (Å²) in [6.45, 7) is 3.40. The van der Waals surface area contributed by atoms with Gasteiger partial charge in [0.25, 0.3) is 0 Å². The Kier molecular flexibility index (Phi) is 5.13. The highest BCUT2D eigenvalue weighted by Gasteiger charge is 2.12. The minimum atomic E-state index is -0.238. The van der Waals surface area contributed by atoms with E-state index < -0.39 is 0 Å². The lowest BCUT2D eigenvalue weighted by Crippen LogP contribution is -2.20. The van der Waals surface area contributed by atoms with Crippen LogP contribution in [0.2, 0.25) is 0 Å². The highest BCUT2D eigenvalue weighted by atomic mass is 19.1. The van der Waals surface area contributed by atoms with Gasteiger partial charge in [0.1, 0.15) is 5.82 Å².